The largest absolute Gasteiger partial charge is 0.300 e. The monoisotopic (exact) mass is 335 g/mol. The van der Waals surface area contributed by atoms with Gasteiger partial charge in [0, 0.05) is 0 Å². The minimum Gasteiger partial charge on any atom is -0.300 e. The molecule has 1 aromatic rings. The van der Waals surface area contributed by atoms with Crippen LogP contribution in [0.4, 0.5) is 0 Å². The van der Waals surface area contributed by atoms with E-state index in [1.807, 2.05) is 6.92 Å². The predicted molar refractivity (Wildman–Crippen MR) is 107 cm³/mol. The molecule has 0 saturated heterocycles. The second kappa shape index (κ2) is 8.46. The summed E-state index contributed by atoms with van der Waals surface area (Å²) >= 11 is 0. The molecule has 1 fully saturated rings. The van der Waals surface area contributed by atoms with Crippen LogP contribution < -0.4 is 5.90 Å². The molecule has 2 aliphatic rings. The van der Waals surface area contributed by atoms with Crippen molar-refractivity contribution in [2.75, 3.05) is 6.61 Å². The number of benzene rings is 1. The molecule has 0 unspecified atom stereocenters. The van der Waals surface area contributed by atoms with Gasteiger partial charge in [-0.2, -0.15) is 0 Å². The average Bonchev–Trinajstić information content (AvgIpc) is 2.67. The van der Waals surface area contributed by atoms with Gasteiger partial charge in [0.2, 0.25) is 0 Å². The molecule has 0 atom stereocenters. The second-order valence-corrected chi connectivity index (χ2v) is 7.04. The molecule has 1 aromatic carbocycles. The van der Waals surface area contributed by atoms with E-state index in [4.69, 9.17) is 10.7 Å². The Labute approximate surface area is 151 Å². The van der Waals surface area contributed by atoms with Gasteiger partial charge in [-0.1, -0.05) is 54.5 Å². The zero-order valence-corrected chi connectivity index (χ0v) is 15.5. The van der Waals surface area contributed by atoms with E-state index in [1.54, 1.807) is 11.1 Å². The number of allylic oxidation sites excluding steroid dienone is 7. The Morgan fingerprint density at radius 1 is 1.16 bits per heavy atom. The van der Waals surface area contributed by atoms with E-state index in [0.717, 1.165) is 12.0 Å². The van der Waals surface area contributed by atoms with Crippen molar-refractivity contribution >= 4 is 11.1 Å². The number of hydrogen-bond acceptors (Lipinski definition) is 2. The van der Waals surface area contributed by atoms with E-state index in [0.29, 0.717) is 6.61 Å². The first-order chi connectivity index (χ1) is 12.2. The summed E-state index contributed by atoms with van der Waals surface area (Å²) in [4.78, 5) is 4.82. The molecular formula is C23H29NO. The zero-order chi connectivity index (χ0) is 17.6. The van der Waals surface area contributed by atoms with Gasteiger partial charge in [-0.05, 0) is 79.4 Å². The van der Waals surface area contributed by atoms with Crippen LogP contribution in [0, 0.1) is 6.92 Å². The van der Waals surface area contributed by atoms with Gasteiger partial charge in [0.1, 0.15) is 0 Å². The normalized spacial score (nSPS) is 18.5. The third-order valence-corrected chi connectivity index (χ3v) is 5.41. The number of aryl methyl sites for hydroxylation is 1. The Morgan fingerprint density at radius 3 is 2.56 bits per heavy atom. The summed E-state index contributed by atoms with van der Waals surface area (Å²) in [5, 5.41) is 0. The molecule has 0 bridgehead atoms. The van der Waals surface area contributed by atoms with Crippen molar-refractivity contribution in [3.8, 4) is 0 Å². The Hall–Kier alpha value is -1.90. The van der Waals surface area contributed by atoms with Gasteiger partial charge in [-0.25, -0.2) is 5.90 Å². The van der Waals surface area contributed by atoms with E-state index in [1.165, 1.54) is 54.4 Å². The third-order valence-electron chi connectivity index (χ3n) is 5.41. The topological polar surface area (TPSA) is 35.2 Å². The van der Waals surface area contributed by atoms with Crippen molar-refractivity contribution in [2.45, 2.75) is 52.4 Å². The highest BCUT2D eigenvalue weighted by Crippen LogP contribution is 2.32. The van der Waals surface area contributed by atoms with Crippen LogP contribution in [-0.4, -0.2) is 6.61 Å². The highest BCUT2D eigenvalue weighted by Gasteiger charge is 2.13. The highest BCUT2D eigenvalue weighted by atomic mass is 16.6. The van der Waals surface area contributed by atoms with Crippen LogP contribution in [0.5, 0.6) is 0 Å². The van der Waals surface area contributed by atoms with E-state index in [9.17, 15) is 0 Å². The van der Waals surface area contributed by atoms with E-state index in [2.05, 4.69) is 49.4 Å². The number of rotatable bonds is 4. The van der Waals surface area contributed by atoms with Gasteiger partial charge in [0.15, 0.2) is 0 Å². The molecule has 0 spiro atoms. The first kappa shape index (κ1) is 17.9. The predicted octanol–water partition coefficient (Wildman–Crippen LogP) is 5.89. The molecule has 0 radical (unpaired) electrons. The van der Waals surface area contributed by atoms with Gasteiger partial charge >= 0.3 is 0 Å². The molecule has 0 heterocycles. The van der Waals surface area contributed by atoms with Crippen LogP contribution in [0.1, 0.15) is 62.1 Å². The lowest BCUT2D eigenvalue weighted by molar-refractivity contribution is 0.173. The SMILES string of the molecule is C/C=C(/CON)c1ccc(C2=CCC(=C3CCCCC3)C=C2)cc1C. The minimum atomic E-state index is 0.441. The lowest BCUT2D eigenvalue weighted by Crippen LogP contribution is -2.04. The molecule has 2 N–H and O–H groups in total. The van der Waals surface area contributed by atoms with E-state index >= 15 is 0 Å². The highest BCUT2D eigenvalue weighted by molar-refractivity contribution is 5.79. The van der Waals surface area contributed by atoms with Crippen molar-refractivity contribution in [3.05, 3.63) is 70.3 Å². The van der Waals surface area contributed by atoms with Crippen LogP contribution in [0.2, 0.25) is 0 Å². The first-order valence-corrected chi connectivity index (χ1v) is 9.40. The molecule has 0 aliphatic heterocycles. The summed E-state index contributed by atoms with van der Waals surface area (Å²) < 4.78 is 0. The van der Waals surface area contributed by atoms with Gasteiger partial charge in [-0.15, -0.1) is 0 Å². The van der Waals surface area contributed by atoms with Gasteiger partial charge < -0.3 is 0 Å². The summed E-state index contributed by atoms with van der Waals surface area (Å²) in [7, 11) is 0. The summed E-state index contributed by atoms with van der Waals surface area (Å²) in [6, 6.07) is 6.66. The fourth-order valence-corrected chi connectivity index (χ4v) is 3.93. The molecule has 0 aromatic heterocycles. The lowest BCUT2D eigenvalue weighted by Gasteiger charge is -2.19. The maximum absolute atomic E-state index is 5.25. The molecule has 2 heteroatoms. The van der Waals surface area contributed by atoms with E-state index in [-0.39, 0.29) is 0 Å². The second-order valence-electron chi connectivity index (χ2n) is 7.04. The lowest BCUT2D eigenvalue weighted by atomic mass is 9.86. The quantitative estimate of drug-likeness (QED) is 0.696. The van der Waals surface area contributed by atoms with Gasteiger partial charge in [-0.3, -0.25) is 4.84 Å². The van der Waals surface area contributed by atoms with Crippen LogP contribution in [-0.2, 0) is 4.84 Å². The Kier molecular flexibility index (Phi) is 6.06. The van der Waals surface area contributed by atoms with Gasteiger partial charge in [0.05, 0.1) is 6.61 Å². The molecule has 1 saturated carbocycles. The van der Waals surface area contributed by atoms with Crippen molar-refractivity contribution in [1.82, 2.24) is 0 Å². The van der Waals surface area contributed by atoms with Crippen LogP contribution in [0.3, 0.4) is 0 Å². The van der Waals surface area contributed by atoms with Crippen molar-refractivity contribution in [2.24, 2.45) is 5.90 Å². The Morgan fingerprint density at radius 2 is 1.96 bits per heavy atom. The summed E-state index contributed by atoms with van der Waals surface area (Å²) in [6.45, 7) is 4.62. The molecule has 0 amide bonds. The third kappa shape index (κ3) is 4.20. The summed E-state index contributed by atoms with van der Waals surface area (Å²) in [5.41, 5.74) is 9.44. The van der Waals surface area contributed by atoms with Crippen molar-refractivity contribution in [1.29, 1.82) is 0 Å². The maximum atomic E-state index is 5.25. The number of nitrogens with two attached hydrogens (primary N) is 1. The Balaban J connectivity index is 1.78. The van der Waals surface area contributed by atoms with Crippen LogP contribution in [0.15, 0.2) is 53.6 Å². The number of hydrogen-bond donors (Lipinski definition) is 1. The fourth-order valence-electron chi connectivity index (χ4n) is 3.93. The van der Waals surface area contributed by atoms with Crippen LogP contribution >= 0.6 is 0 Å². The minimum absolute atomic E-state index is 0.441. The Bertz CT molecular complexity index is 741. The van der Waals surface area contributed by atoms with Gasteiger partial charge in [0.25, 0.3) is 0 Å². The molecule has 132 valence electrons. The molecule has 25 heavy (non-hydrogen) atoms. The summed E-state index contributed by atoms with van der Waals surface area (Å²) in [5.74, 6) is 5.25. The first-order valence-electron chi connectivity index (χ1n) is 9.40. The molecule has 3 rings (SSSR count). The average molecular weight is 335 g/mol. The molecule has 2 aliphatic carbocycles. The zero-order valence-electron chi connectivity index (χ0n) is 15.5. The van der Waals surface area contributed by atoms with E-state index < -0.39 is 0 Å². The summed E-state index contributed by atoms with van der Waals surface area (Å²) in [6.07, 6.45) is 16.9. The van der Waals surface area contributed by atoms with Crippen molar-refractivity contribution < 1.29 is 4.84 Å². The maximum Gasteiger partial charge on any atom is 0.0932 e. The molecular weight excluding hydrogens is 306 g/mol. The molecule has 2 nitrogen and oxygen atoms in total. The van der Waals surface area contributed by atoms with Crippen LogP contribution in [0.25, 0.3) is 11.1 Å². The van der Waals surface area contributed by atoms with Crippen molar-refractivity contribution in [3.63, 3.8) is 0 Å². The standard InChI is InChI=1S/C23H29NO/c1-3-18(16-25-24)23-14-13-22(15-17(23)2)21-11-9-20(10-12-21)19-7-5-4-6-8-19/h3,9,11-15H,4-8,10,16,24H2,1-2H3/b18-3-. The smallest absolute Gasteiger partial charge is 0.0932 e. The fraction of sp³-hybridized carbons (Fsp3) is 0.391.